The van der Waals surface area contributed by atoms with E-state index in [1.807, 2.05) is 0 Å². The van der Waals surface area contributed by atoms with Gasteiger partial charge in [0.25, 0.3) is 0 Å². The standard InChI is InChI=1S/C9H9F5N2/c10-5-4(3-16-2-1-15)6(11)8(13)9(14)7(5)12/h16H,1-3,15H2. The van der Waals surface area contributed by atoms with Crippen molar-refractivity contribution in [1.82, 2.24) is 5.32 Å². The van der Waals surface area contributed by atoms with E-state index in [9.17, 15) is 22.0 Å². The molecule has 0 atom stereocenters. The number of benzene rings is 1. The van der Waals surface area contributed by atoms with Gasteiger partial charge in [0.15, 0.2) is 23.3 Å². The Kier molecular flexibility index (Phi) is 4.19. The van der Waals surface area contributed by atoms with Crippen LogP contribution in [0.3, 0.4) is 0 Å². The maximum atomic E-state index is 13.0. The normalized spacial score (nSPS) is 10.9. The second kappa shape index (κ2) is 5.22. The lowest BCUT2D eigenvalue weighted by Crippen LogP contribution is -2.24. The summed E-state index contributed by atoms with van der Waals surface area (Å²) in [7, 11) is 0. The number of rotatable bonds is 4. The fraction of sp³-hybridized carbons (Fsp3) is 0.333. The maximum Gasteiger partial charge on any atom is 0.200 e. The van der Waals surface area contributed by atoms with Crippen molar-refractivity contribution in [3.63, 3.8) is 0 Å². The fourth-order valence-electron chi connectivity index (χ4n) is 1.12. The number of nitrogens with one attached hydrogen (secondary N) is 1. The zero-order valence-electron chi connectivity index (χ0n) is 8.09. The highest BCUT2D eigenvalue weighted by Gasteiger charge is 2.24. The maximum absolute atomic E-state index is 13.0. The molecule has 0 unspecified atom stereocenters. The molecule has 0 aromatic heterocycles. The van der Waals surface area contributed by atoms with Crippen LogP contribution in [0.5, 0.6) is 0 Å². The highest BCUT2D eigenvalue weighted by Crippen LogP contribution is 2.22. The van der Waals surface area contributed by atoms with Gasteiger partial charge in [-0.2, -0.15) is 0 Å². The molecule has 0 heterocycles. The molecule has 0 aliphatic rings. The highest BCUT2D eigenvalue weighted by molar-refractivity contribution is 5.23. The predicted octanol–water partition coefficient (Wildman–Crippen LogP) is 1.43. The van der Waals surface area contributed by atoms with E-state index in [0.29, 0.717) is 0 Å². The quantitative estimate of drug-likeness (QED) is 0.361. The SMILES string of the molecule is NCCNCc1c(F)c(F)c(F)c(F)c1F. The van der Waals surface area contributed by atoms with Gasteiger partial charge in [-0.1, -0.05) is 0 Å². The van der Waals surface area contributed by atoms with E-state index in [0.717, 1.165) is 0 Å². The third-order valence-corrected chi connectivity index (χ3v) is 1.92. The summed E-state index contributed by atoms with van der Waals surface area (Å²) in [6.45, 7) is -0.0715. The van der Waals surface area contributed by atoms with Gasteiger partial charge in [0.1, 0.15) is 0 Å². The fourth-order valence-corrected chi connectivity index (χ4v) is 1.12. The van der Waals surface area contributed by atoms with Crippen LogP contribution in [-0.4, -0.2) is 13.1 Å². The topological polar surface area (TPSA) is 38.0 Å². The van der Waals surface area contributed by atoms with E-state index in [1.165, 1.54) is 0 Å². The van der Waals surface area contributed by atoms with E-state index >= 15 is 0 Å². The lowest BCUT2D eigenvalue weighted by Gasteiger charge is -2.08. The minimum Gasteiger partial charge on any atom is -0.329 e. The van der Waals surface area contributed by atoms with E-state index < -0.39 is 41.2 Å². The highest BCUT2D eigenvalue weighted by atomic mass is 19.2. The van der Waals surface area contributed by atoms with Gasteiger partial charge in [-0.3, -0.25) is 0 Å². The molecular weight excluding hydrogens is 231 g/mol. The Morgan fingerprint density at radius 1 is 0.812 bits per heavy atom. The molecule has 0 fully saturated rings. The zero-order valence-corrected chi connectivity index (χ0v) is 8.09. The van der Waals surface area contributed by atoms with E-state index in [2.05, 4.69) is 5.32 Å². The molecule has 1 aromatic rings. The lowest BCUT2D eigenvalue weighted by atomic mass is 10.1. The molecule has 0 radical (unpaired) electrons. The smallest absolute Gasteiger partial charge is 0.200 e. The van der Waals surface area contributed by atoms with Crippen LogP contribution in [0, 0.1) is 29.1 Å². The van der Waals surface area contributed by atoms with Crippen LogP contribution >= 0.6 is 0 Å². The van der Waals surface area contributed by atoms with Gasteiger partial charge < -0.3 is 11.1 Å². The molecule has 0 amide bonds. The summed E-state index contributed by atoms with van der Waals surface area (Å²) >= 11 is 0. The molecule has 0 saturated heterocycles. The van der Waals surface area contributed by atoms with E-state index in [1.54, 1.807) is 0 Å². The van der Waals surface area contributed by atoms with Gasteiger partial charge in [0.05, 0.1) is 0 Å². The Morgan fingerprint density at radius 2 is 1.25 bits per heavy atom. The van der Waals surface area contributed by atoms with Gasteiger partial charge in [0, 0.05) is 25.2 Å². The Labute approximate surface area is 88.2 Å². The van der Waals surface area contributed by atoms with Gasteiger partial charge >= 0.3 is 0 Å². The van der Waals surface area contributed by atoms with Crippen LogP contribution in [0.4, 0.5) is 22.0 Å². The van der Waals surface area contributed by atoms with Gasteiger partial charge in [-0.25, -0.2) is 22.0 Å². The van der Waals surface area contributed by atoms with Crippen LogP contribution in [0.2, 0.25) is 0 Å². The number of nitrogens with two attached hydrogens (primary N) is 1. The van der Waals surface area contributed by atoms with Crippen LogP contribution in [-0.2, 0) is 6.54 Å². The number of halogens is 5. The van der Waals surface area contributed by atoms with Crippen molar-refractivity contribution >= 4 is 0 Å². The van der Waals surface area contributed by atoms with Crippen LogP contribution < -0.4 is 11.1 Å². The molecule has 1 aromatic carbocycles. The second-order valence-electron chi connectivity index (χ2n) is 3.01. The van der Waals surface area contributed by atoms with Crippen molar-refractivity contribution in [3.8, 4) is 0 Å². The van der Waals surface area contributed by atoms with Crippen molar-refractivity contribution in [2.24, 2.45) is 5.73 Å². The van der Waals surface area contributed by atoms with Crippen molar-refractivity contribution < 1.29 is 22.0 Å². The monoisotopic (exact) mass is 240 g/mol. The predicted molar refractivity (Wildman–Crippen MR) is 47.0 cm³/mol. The minimum absolute atomic E-state index is 0.190. The zero-order chi connectivity index (χ0) is 12.3. The molecule has 7 heteroatoms. The molecular formula is C9H9F5N2. The minimum atomic E-state index is -2.16. The Balaban J connectivity index is 3.08. The molecule has 0 aliphatic heterocycles. The molecule has 0 aliphatic carbocycles. The van der Waals surface area contributed by atoms with Crippen molar-refractivity contribution in [2.75, 3.05) is 13.1 Å². The summed E-state index contributed by atoms with van der Waals surface area (Å²) in [5.41, 5.74) is 4.21. The Hall–Kier alpha value is -1.21. The summed E-state index contributed by atoms with van der Waals surface area (Å²) in [5, 5.41) is 2.45. The third-order valence-electron chi connectivity index (χ3n) is 1.92. The largest absolute Gasteiger partial charge is 0.329 e. The molecule has 0 saturated carbocycles. The summed E-state index contributed by atoms with van der Waals surface area (Å²) in [4.78, 5) is 0. The average molecular weight is 240 g/mol. The van der Waals surface area contributed by atoms with Crippen molar-refractivity contribution in [1.29, 1.82) is 0 Å². The van der Waals surface area contributed by atoms with Gasteiger partial charge in [-0.15, -0.1) is 0 Å². The van der Waals surface area contributed by atoms with E-state index in [4.69, 9.17) is 5.73 Å². The molecule has 3 N–H and O–H groups in total. The third kappa shape index (κ3) is 2.30. The van der Waals surface area contributed by atoms with Crippen LogP contribution in [0.25, 0.3) is 0 Å². The first-order chi connectivity index (χ1) is 7.50. The summed E-state index contributed by atoms with van der Waals surface area (Å²) in [6, 6.07) is 0. The molecule has 90 valence electrons. The summed E-state index contributed by atoms with van der Waals surface area (Å²) in [6.07, 6.45) is 0. The van der Waals surface area contributed by atoms with Gasteiger partial charge in [-0.05, 0) is 0 Å². The Morgan fingerprint density at radius 3 is 1.69 bits per heavy atom. The second-order valence-corrected chi connectivity index (χ2v) is 3.01. The molecule has 0 bridgehead atoms. The van der Waals surface area contributed by atoms with Crippen molar-refractivity contribution in [2.45, 2.75) is 6.54 Å². The molecule has 1 rings (SSSR count). The number of hydrogen-bond acceptors (Lipinski definition) is 2. The van der Waals surface area contributed by atoms with Crippen LogP contribution in [0.15, 0.2) is 0 Å². The summed E-state index contributed by atoms with van der Waals surface area (Å²) in [5.74, 6) is -9.67. The average Bonchev–Trinajstić information content (AvgIpc) is 2.28. The van der Waals surface area contributed by atoms with Crippen molar-refractivity contribution in [3.05, 3.63) is 34.6 Å². The molecule has 0 spiro atoms. The lowest BCUT2D eigenvalue weighted by molar-refractivity contribution is 0.367. The first-order valence-electron chi connectivity index (χ1n) is 4.41. The first-order valence-corrected chi connectivity index (χ1v) is 4.41. The van der Waals surface area contributed by atoms with Gasteiger partial charge in [0.2, 0.25) is 5.82 Å². The Bertz CT molecular complexity index is 365. The van der Waals surface area contributed by atoms with E-state index in [-0.39, 0.29) is 13.1 Å². The number of hydrogen-bond donors (Lipinski definition) is 2. The first kappa shape index (κ1) is 12.9. The molecule has 2 nitrogen and oxygen atoms in total. The summed E-state index contributed by atoms with van der Waals surface area (Å²) < 4.78 is 64.1. The molecule has 16 heavy (non-hydrogen) atoms. The van der Waals surface area contributed by atoms with Crippen LogP contribution in [0.1, 0.15) is 5.56 Å².